The van der Waals surface area contributed by atoms with Gasteiger partial charge in [0.25, 0.3) is 0 Å². The normalized spacial score (nSPS) is 13.5. The van der Waals surface area contributed by atoms with Crippen LogP contribution in [0.25, 0.3) is 0 Å². The number of ether oxygens (including phenoxy) is 1. The van der Waals surface area contributed by atoms with Crippen molar-refractivity contribution in [3.63, 3.8) is 0 Å². The first-order valence-corrected chi connectivity index (χ1v) is 6.68. The molecule has 0 radical (unpaired) electrons. The zero-order valence-electron chi connectivity index (χ0n) is 10.6. The van der Waals surface area contributed by atoms with Gasteiger partial charge in [0.05, 0.1) is 13.2 Å². The molecule has 0 aromatic rings. The summed E-state index contributed by atoms with van der Waals surface area (Å²) in [5, 5.41) is 0. The standard InChI is InChI=1S/C10H17O7P/c1-5-14-6-7-15-18(13,16-9(4)11)17-10(12)8(2)3/h2,5-7H2,1,3-4H3. The molecule has 18 heavy (non-hydrogen) atoms. The Morgan fingerprint density at radius 1 is 1.17 bits per heavy atom. The smallest absolute Gasteiger partial charge is 0.379 e. The highest BCUT2D eigenvalue weighted by Crippen LogP contribution is 2.50. The van der Waals surface area contributed by atoms with Crippen LogP contribution in [0.2, 0.25) is 0 Å². The summed E-state index contributed by atoms with van der Waals surface area (Å²) in [4.78, 5) is 22.0. The molecule has 0 aliphatic rings. The molecular weight excluding hydrogens is 263 g/mol. The van der Waals surface area contributed by atoms with Gasteiger partial charge in [0.1, 0.15) is 0 Å². The molecule has 0 heterocycles. The molecule has 8 heteroatoms. The van der Waals surface area contributed by atoms with E-state index >= 15 is 0 Å². The number of hydrogen-bond donors (Lipinski definition) is 0. The molecule has 0 aromatic carbocycles. The molecule has 1 atom stereocenters. The van der Waals surface area contributed by atoms with Gasteiger partial charge < -0.3 is 13.8 Å². The van der Waals surface area contributed by atoms with E-state index in [0.29, 0.717) is 6.61 Å². The molecule has 0 bridgehead atoms. The first-order valence-electron chi connectivity index (χ1n) is 5.22. The summed E-state index contributed by atoms with van der Waals surface area (Å²) in [6.07, 6.45) is 0. The Morgan fingerprint density at radius 2 is 1.78 bits per heavy atom. The average molecular weight is 280 g/mol. The van der Waals surface area contributed by atoms with Crippen molar-refractivity contribution in [2.45, 2.75) is 20.8 Å². The zero-order chi connectivity index (χ0) is 14.2. The van der Waals surface area contributed by atoms with Crippen LogP contribution in [0.1, 0.15) is 20.8 Å². The molecule has 0 saturated heterocycles. The van der Waals surface area contributed by atoms with Gasteiger partial charge in [-0.2, -0.15) is 0 Å². The summed E-state index contributed by atoms with van der Waals surface area (Å²) in [5.74, 6) is -1.85. The van der Waals surface area contributed by atoms with Crippen molar-refractivity contribution in [1.82, 2.24) is 0 Å². The number of phosphoric acid groups is 1. The van der Waals surface area contributed by atoms with E-state index in [4.69, 9.17) is 9.26 Å². The zero-order valence-corrected chi connectivity index (χ0v) is 11.5. The van der Waals surface area contributed by atoms with Gasteiger partial charge in [0.2, 0.25) is 0 Å². The van der Waals surface area contributed by atoms with Crippen LogP contribution >= 0.6 is 7.82 Å². The maximum Gasteiger partial charge on any atom is 0.592 e. The number of rotatable bonds is 8. The lowest BCUT2D eigenvalue weighted by atomic mass is 10.4. The van der Waals surface area contributed by atoms with Gasteiger partial charge in [-0.25, -0.2) is 9.36 Å². The van der Waals surface area contributed by atoms with Crippen LogP contribution in [0.15, 0.2) is 12.2 Å². The van der Waals surface area contributed by atoms with E-state index in [9.17, 15) is 14.2 Å². The van der Waals surface area contributed by atoms with Crippen molar-refractivity contribution in [1.29, 1.82) is 0 Å². The third-order valence-corrected chi connectivity index (χ3v) is 2.83. The fourth-order valence-corrected chi connectivity index (χ4v) is 1.88. The lowest BCUT2D eigenvalue weighted by molar-refractivity contribution is -0.137. The van der Waals surface area contributed by atoms with Gasteiger partial charge in [-0.3, -0.25) is 9.32 Å². The molecule has 0 aromatic heterocycles. The molecule has 104 valence electrons. The van der Waals surface area contributed by atoms with E-state index in [1.165, 1.54) is 6.92 Å². The van der Waals surface area contributed by atoms with Gasteiger partial charge in [0.15, 0.2) is 0 Å². The van der Waals surface area contributed by atoms with Crippen LogP contribution in [0.4, 0.5) is 0 Å². The van der Waals surface area contributed by atoms with Crippen molar-refractivity contribution in [2.24, 2.45) is 0 Å². The van der Waals surface area contributed by atoms with E-state index in [-0.39, 0.29) is 18.8 Å². The highest BCUT2D eigenvalue weighted by atomic mass is 31.2. The third-order valence-electron chi connectivity index (χ3n) is 1.46. The summed E-state index contributed by atoms with van der Waals surface area (Å²) in [6, 6.07) is 0. The first-order chi connectivity index (χ1) is 8.30. The minimum absolute atomic E-state index is 0.00999. The second-order valence-corrected chi connectivity index (χ2v) is 4.74. The van der Waals surface area contributed by atoms with Crippen LogP contribution in [-0.4, -0.2) is 31.8 Å². The molecule has 1 unspecified atom stereocenters. The lowest BCUT2D eigenvalue weighted by Gasteiger charge is -2.15. The first kappa shape index (κ1) is 16.8. The van der Waals surface area contributed by atoms with E-state index in [2.05, 4.69) is 15.6 Å². The Bertz CT molecular complexity index is 363. The second-order valence-electron chi connectivity index (χ2n) is 3.22. The van der Waals surface area contributed by atoms with Crippen molar-refractivity contribution in [3.8, 4) is 0 Å². The highest BCUT2D eigenvalue weighted by Gasteiger charge is 2.34. The summed E-state index contributed by atoms with van der Waals surface area (Å²) < 4.78 is 30.5. The minimum atomic E-state index is -4.27. The van der Waals surface area contributed by atoms with Crippen LogP contribution in [0.5, 0.6) is 0 Å². The molecular formula is C10H17O7P. The number of phosphoric ester groups is 1. The van der Waals surface area contributed by atoms with Crippen molar-refractivity contribution in [2.75, 3.05) is 19.8 Å². The van der Waals surface area contributed by atoms with Crippen molar-refractivity contribution >= 4 is 19.8 Å². The molecule has 0 spiro atoms. The Morgan fingerprint density at radius 3 is 2.22 bits per heavy atom. The highest BCUT2D eigenvalue weighted by molar-refractivity contribution is 7.49. The van der Waals surface area contributed by atoms with Crippen LogP contribution in [0.3, 0.4) is 0 Å². The minimum Gasteiger partial charge on any atom is -0.379 e. The fourth-order valence-electron chi connectivity index (χ4n) is 0.761. The third kappa shape index (κ3) is 7.21. The Hall–Kier alpha value is -1.17. The topological polar surface area (TPSA) is 88.1 Å². The monoisotopic (exact) mass is 280 g/mol. The van der Waals surface area contributed by atoms with Gasteiger partial charge >= 0.3 is 19.8 Å². The Balaban J connectivity index is 4.52. The second kappa shape index (κ2) is 8.02. The SMILES string of the molecule is C=C(C)C(=O)OP(=O)(OCCOCC)OC(C)=O. The number of carbonyl (C=O) groups excluding carboxylic acids is 2. The number of carbonyl (C=O) groups is 2. The Kier molecular flexibility index (Phi) is 7.50. The predicted molar refractivity (Wildman–Crippen MR) is 62.7 cm³/mol. The van der Waals surface area contributed by atoms with Crippen molar-refractivity contribution in [3.05, 3.63) is 12.2 Å². The summed E-state index contributed by atoms with van der Waals surface area (Å²) in [6.45, 7) is 7.91. The van der Waals surface area contributed by atoms with Gasteiger partial charge in [-0.05, 0) is 13.8 Å². The Labute approximate surface area is 106 Å². The summed E-state index contributed by atoms with van der Waals surface area (Å²) in [5.41, 5.74) is 0.00999. The molecule has 0 fully saturated rings. The maximum atomic E-state index is 11.9. The molecule has 0 aliphatic carbocycles. The van der Waals surface area contributed by atoms with E-state index in [1.807, 2.05) is 0 Å². The van der Waals surface area contributed by atoms with Crippen LogP contribution in [0, 0.1) is 0 Å². The van der Waals surface area contributed by atoms with Gasteiger partial charge in [-0.1, -0.05) is 6.58 Å². The molecule has 0 N–H and O–H groups in total. The average Bonchev–Trinajstić information content (AvgIpc) is 2.23. The lowest BCUT2D eigenvalue weighted by Crippen LogP contribution is -2.12. The fraction of sp³-hybridized carbons (Fsp3) is 0.600. The van der Waals surface area contributed by atoms with Gasteiger partial charge in [0, 0.05) is 19.1 Å². The molecule has 7 nitrogen and oxygen atoms in total. The molecule has 0 rings (SSSR count). The largest absolute Gasteiger partial charge is 0.592 e. The van der Waals surface area contributed by atoms with E-state index in [0.717, 1.165) is 6.92 Å². The van der Waals surface area contributed by atoms with Crippen LogP contribution in [-0.2, 0) is 32.5 Å². The quantitative estimate of drug-likeness (QED) is 0.380. The van der Waals surface area contributed by atoms with Crippen LogP contribution < -0.4 is 0 Å². The predicted octanol–water partition coefficient (Wildman–Crippen LogP) is 1.83. The molecule has 0 aliphatic heterocycles. The van der Waals surface area contributed by atoms with E-state index in [1.54, 1.807) is 6.92 Å². The maximum absolute atomic E-state index is 11.9. The number of hydrogen-bond acceptors (Lipinski definition) is 7. The van der Waals surface area contributed by atoms with Crippen molar-refractivity contribution < 1.29 is 32.5 Å². The van der Waals surface area contributed by atoms with Gasteiger partial charge in [-0.15, -0.1) is 0 Å². The molecule has 0 saturated carbocycles. The van der Waals surface area contributed by atoms with E-state index < -0.39 is 19.8 Å². The summed E-state index contributed by atoms with van der Waals surface area (Å²) >= 11 is 0. The summed E-state index contributed by atoms with van der Waals surface area (Å²) in [7, 11) is -4.27. The molecule has 0 amide bonds.